The summed E-state index contributed by atoms with van der Waals surface area (Å²) in [5.41, 5.74) is 3.00. The molecule has 6 nitrogen and oxygen atoms in total. The molecule has 1 aliphatic heterocycles. The first-order valence-corrected chi connectivity index (χ1v) is 10.3. The van der Waals surface area contributed by atoms with E-state index in [0.717, 1.165) is 38.3 Å². The Hall–Kier alpha value is -2.67. The molecule has 146 valence electrons. The summed E-state index contributed by atoms with van der Waals surface area (Å²) in [6.07, 6.45) is 0.869. The van der Waals surface area contributed by atoms with Crippen LogP contribution in [0.2, 0.25) is 0 Å². The van der Waals surface area contributed by atoms with Crippen LogP contribution < -0.4 is 5.32 Å². The molecule has 1 fully saturated rings. The fourth-order valence-electron chi connectivity index (χ4n) is 4.04. The van der Waals surface area contributed by atoms with Gasteiger partial charge in [-0.15, -0.1) is 11.3 Å². The van der Waals surface area contributed by atoms with E-state index >= 15 is 0 Å². The first kappa shape index (κ1) is 18.7. The number of benzene rings is 1. The summed E-state index contributed by atoms with van der Waals surface area (Å²) in [7, 11) is 1.66. The van der Waals surface area contributed by atoms with Crippen LogP contribution in [0.25, 0.3) is 10.1 Å². The standard InChI is InChI=1S/C21H24N4O2S/c1-13-10-14(2)25(23-13)12-18(26)24-9-8-15(11-24)19-16-6-4-5-7-17(16)28-20(19)21(27)22-3/h4-7,10,15H,8-9,11-12H2,1-3H3,(H,22,27)/t15-/m1/s1. The van der Waals surface area contributed by atoms with E-state index < -0.39 is 0 Å². The highest BCUT2D eigenvalue weighted by Gasteiger charge is 2.32. The quantitative estimate of drug-likeness (QED) is 0.737. The molecule has 0 spiro atoms. The number of nitrogens with one attached hydrogen (secondary N) is 1. The first-order valence-electron chi connectivity index (χ1n) is 9.50. The topological polar surface area (TPSA) is 67.2 Å². The molecule has 2 aromatic heterocycles. The van der Waals surface area contributed by atoms with Gasteiger partial charge in [0.15, 0.2) is 0 Å². The van der Waals surface area contributed by atoms with E-state index in [4.69, 9.17) is 0 Å². The molecule has 28 heavy (non-hydrogen) atoms. The van der Waals surface area contributed by atoms with Gasteiger partial charge >= 0.3 is 0 Å². The number of rotatable bonds is 4. The molecular weight excluding hydrogens is 372 g/mol. The zero-order valence-electron chi connectivity index (χ0n) is 16.4. The van der Waals surface area contributed by atoms with Gasteiger partial charge in [0.2, 0.25) is 5.91 Å². The van der Waals surface area contributed by atoms with Crippen LogP contribution in [0.15, 0.2) is 30.3 Å². The number of likely N-dealkylation sites (tertiary alicyclic amines) is 1. The van der Waals surface area contributed by atoms with Crippen molar-refractivity contribution in [1.29, 1.82) is 0 Å². The lowest BCUT2D eigenvalue weighted by Crippen LogP contribution is -2.32. The van der Waals surface area contributed by atoms with Gasteiger partial charge in [-0.3, -0.25) is 14.3 Å². The molecule has 1 aromatic carbocycles. The first-order chi connectivity index (χ1) is 13.5. The van der Waals surface area contributed by atoms with Gasteiger partial charge in [-0.25, -0.2) is 0 Å². The molecule has 1 saturated heterocycles. The summed E-state index contributed by atoms with van der Waals surface area (Å²) in [5, 5.41) is 8.29. The minimum Gasteiger partial charge on any atom is -0.354 e. The smallest absolute Gasteiger partial charge is 0.261 e. The van der Waals surface area contributed by atoms with Crippen molar-refractivity contribution in [3.63, 3.8) is 0 Å². The van der Waals surface area contributed by atoms with Gasteiger partial charge in [0.1, 0.15) is 6.54 Å². The van der Waals surface area contributed by atoms with E-state index in [9.17, 15) is 9.59 Å². The molecule has 7 heteroatoms. The minimum atomic E-state index is -0.0522. The lowest BCUT2D eigenvalue weighted by Gasteiger charge is -2.17. The summed E-state index contributed by atoms with van der Waals surface area (Å²) in [5.74, 6) is 0.200. The van der Waals surface area contributed by atoms with Crippen molar-refractivity contribution in [3.8, 4) is 0 Å². The molecule has 1 atom stereocenters. The van der Waals surface area contributed by atoms with Crippen molar-refractivity contribution in [2.45, 2.75) is 32.7 Å². The van der Waals surface area contributed by atoms with Crippen molar-refractivity contribution in [2.75, 3.05) is 20.1 Å². The second kappa shape index (κ2) is 7.39. The number of fused-ring (bicyclic) bond motifs is 1. The van der Waals surface area contributed by atoms with E-state index in [1.807, 2.05) is 36.9 Å². The Morgan fingerprint density at radius 2 is 2.07 bits per heavy atom. The molecule has 3 aromatic rings. The van der Waals surface area contributed by atoms with Crippen LogP contribution >= 0.6 is 11.3 Å². The zero-order valence-corrected chi connectivity index (χ0v) is 17.2. The van der Waals surface area contributed by atoms with Crippen molar-refractivity contribution in [2.24, 2.45) is 0 Å². The highest BCUT2D eigenvalue weighted by molar-refractivity contribution is 7.21. The number of aromatic nitrogens is 2. The fourth-order valence-corrected chi connectivity index (χ4v) is 5.27. The maximum atomic E-state index is 12.8. The molecule has 0 saturated carbocycles. The average molecular weight is 397 g/mol. The Morgan fingerprint density at radius 3 is 2.79 bits per heavy atom. The van der Waals surface area contributed by atoms with Gasteiger partial charge < -0.3 is 10.2 Å². The van der Waals surface area contributed by atoms with Gasteiger partial charge in [-0.05, 0) is 43.4 Å². The number of aryl methyl sites for hydroxylation is 2. The Kier molecular flexibility index (Phi) is 4.93. The molecule has 2 amide bonds. The van der Waals surface area contributed by atoms with Crippen LogP contribution in [0.4, 0.5) is 0 Å². The van der Waals surface area contributed by atoms with Crippen molar-refractivity contribution >= 4 is 33.2 Å². The average Bonchev–Trinajstić information content (AvgIpc) is 3.37. The number of amides is 2. The summed E-state index contributed by atoms with van der Waals surface area (Å²) in [4.78, 5) is 28.0. The van der Waals surface area contributed by atoms with E-state index in [1.165, 1.54) is 11.3 Å². The van der Waals surface area contributed by atoms with E-state index in [-0.39, 0.29) is 24.3 Å². The Bertz CT molecular complexity index is 1050. The third-order valence-corrected chi connectivity index (χ3v) is 6.59. The molecule has 0 bridgehead atoms. The third-order valence-electron chi connectivity index (χ3n) is 5.40. The predicted octanol–water partition coefficient (Wildman–Crippen LogP) is 3.09. The highest BCUT2D eigenvalue weighted by Crippen LogP contribution is 2.40. The number of hydrogen-bond donors (Lipinski definition) is 1. The Labute approximate surface area is 168 Å². The van der Waals surface area contributed by atoms with Gasteiger partial charge in [0.05, 0.1) is 10.6 Å². The molecule has 0 unspecified atom stereocenters. The second-order valence-corrected chi connectivity index (χ2v) is 8.38. The van der Waals surface area contributed by atoms with E-state index in [1.54, 1.807) is 11.7 Å². The number of carbonyl (C=O) groups is 2. The maximum Gasteiger partial charge on any atom is 0.261 e. The Balaban J connectivity index is 1.58. The van der Waals surface area contributed by atoms with Crippen LogP contribution in [0.1, 0.15) is 39.0 Å². The van der Waals surface area contributed by atoms with Crippen molar-refractivity contribution < 1.29 is 9.59 Å². The molecule has 1 N–H and O–H groups in total. The molecular formula is C21H24N4O2S. The largest absolute Gasteiger partial charge is 0.354 e. The minimum absolute atomic E-state index is 0.0522. The monoisotopic (exact) mass is 396 g/mol. The summed E-state index contributed by atoms with van der Waals surface area (Å²) in [6.45, 7) is 5.51. The predicted molar refractivity (Wildman–Crippen MR) is 111 cm³/mol. The highest BCUT2D eigenvalue weighted by atomic mass is 32.1. The maximum absolute atomic E-state index is 12.8. The number of hydrogen-bond acceptors (Lipinski definition) is 4. The van der Waals surface area contributed by atoms with E-state index in [2.05, 4.69) is 22.5 Å². The molecule has 0 radical (unpaired) electrons. The molecule has 0 aliphatic carbocycles. The Morgan fingerprint density at radius 1 is 1.29 bits per heavy atom. The number of carbonyl (C=O) groups excluding carboxylic acids is 2. The normalized spacial score (nSPS) is 16.7. The SMILES string of the molecule is CNC(=O)c1sc2ccccc2c1[C@@H]1CCN(C(=O)Cn2nc(C)cc2C)C1. The zero-order chi connectivity index (χ0) is 19.8. The van der Waals surface area contributed by atoms with Crippen LogP contribution in [0.5, 0.6) is 0 Å². The second-order valence-electron chi connectivity index (χ2n) is 7.33. The lowest BCUT2D eigenvalue weighted by molar-refractivity contribution is -0.131. The van der Waals surface area contributed by atoms with Crippen molar-refractivity contribution in [3.05, 3.63) is 52.2 Å². The third kappa shape index (κ3) is 3.30. The van der Waals surface area contributed by atoms with Gasteiger partial charge in [0, 0.05) is 36.4 Å². The molecule has 1 aliphatic rings. The van der Waals surface area contributed by atoms with Crippen LogP contribution in [-0.4, -0.2) is 46.6 Å². The summed E-state index contributed by atoms with van der Waals surface area (Å²) >= 11 is 1.53. The van der Waals surface area contributed by atoms with Gasteiger partial charge in [-0.1, -0.05) is 18.2 Å². The van der Waals surface area contributed by atoms with Crippen molar-refractivity contribution in [1.82, 2.24) is 20.0 Å². The molecule has 4 rings (SSSR count). The van der Waals surface area contributed by atoms with Crippen LogP contribution in [0, 0.1) is 13.8 Å². The number of thiophene rings is 1. The summed E-state index contributed by atoms with van der Waals surface area (Å²) < 4.78 is 2.88. The van der Waals surface area contributed by atoms with Crippen LogP contribution in [-0.2, 0) is 11.3 Å². The van der Waals surface area contributed by atoms with Gasteiger partial charge in [-0.2, -0.15) is 5.10 Å². The summed E-state index contributed by atoms with van der Waals surface area (Å²) in [6, 6.07) is 10.1. The number of nitrogens with zero attached hydrogens (tertiary/aromatic N) is 3. The molecule has 3 heterocycles. The van der Waals surface area contributed by atoms with Gasteiger partial charge in [0.25, 0.3) is 5.91 Å². The van der Waals surface area contributed by atoms with Crippen LogP contribution in [0.3, 0.4) is 0 Å². The fraction of sp³-hybridized carbons (Fsp3) is 0.381. The lowest BCUT2D eigenvalue weighted by atomic mass is 9.95. The van der Waals surface area contributed by atoms with E-state index in [0.29, 0.717) is 13.1 Å².